The molecule has 146 valence electrons. The Hall–Kier alpha value is -3.33. The number of nitro benzene ring substituents is 1. The van der Waals surface area contributed by atoms with Crippen LogP contribution in [0.5, 0.6) is 0 Å². The van der Waals surface area contributed by atoms with Crippen LogP contribution >= 0.6 is 12.2 Å². The number of hydrogen-bond acceptors (Lipinski definition) is 5. The van der Waals surface area contributed by atoms with Crippen LogP contribution in [-0.4, -0.2) is 39.8 Å². The van der Waals surface area contributed by atoms with Crippen LogP contribution in [0.3, 0.4) is 0 Å². The first-order chi connectivity index (χ1) is 13.4. The minimum absolute atomic E-state index is 0.0995. The maximum absolute atomic E-state index is 12.4. The normalized spacial score (nSPS) is 10.1. The molecule has 2 rings (SSSR count). The zero-order valence-electron chi connectivity index (χ0n) is 15.0. The number of benzene rings is 2. The molecule has 8 nitrogen and oxygen atoms in total. The van der Waals surface area contributed by atoms with E-state index in [9.17, 15) is 19.7 Å². The van der Waals surface area contributed by atoms with Crippen molar-refractivity contribution in [2.24, 2.45) is 5.73 Å². The van der Waals surface area contributed by atoms with E-state index in [1.165, 1.54) is 24.3 Å². The number of nitro groups is 1. The van der Waals surface area contributed by atoms with Crippen LogP contribution in [0.2, 0.25) is 0 Å². The van der Waals surface area contributed by atoms with E-state index in [1.807, 2.05) is 30.3 Å². The molecule has 0 aliphatic rings. The zero-order chi connectivity index (χ0) is 20.5. The van der Waals surface area contributed by atoms with Gasteiger partial charge in [-0.3, -0.25) is 25.0 Å². The molecule has 0 saturated heterocycles. The lowest BCUT2D eigenvalue weighted by Crippen LogP contribution is -2.44. The summed E-state index contributed by atoms with van der Waals surface area (Å²) in [4.78, 5) is 35.4. The summed E-state index contributed by atoms with van der Waals surface area (Å²) in [5.74, 6) is -0.946. The summed E-state index contributed by atoms with van der Waals surface area (Å²) >= 11 is 5.32. The van der Waals surface area contributed by atoms with Crippen LogP contribution in [-0.2, 0) is 11.2 Å². The smallest absolute Gasteiger partial charge is 0.269 e. The van der Waals surface area contributed by atoms with Crippen molar-refractivity contribution in [1.29, 1.82) is 0 Å². The van der Waals surface area contributed by atoms with Gasteiger partial charge in [0.05, 0.1) is 4.92 Å². The number of thiocarbonyl (C=S) groups is 1. The minimum Gasteiger partial charge on any atom is -0.370 e. The average Bonchev–Trinajstić information content (AvgIpc) is 2.68. The highest BCUT2D eigenvalue weighted by atomic mass is 32.1. The van der Waals surface area contributed by atoms with Crippen molar-refractivity contribution in [3.8, 4) is 0 Å². The second-order valence-electron chi connectivity index (χ2n) is 6.00. The fraction of sp³-hybridized carbons (Fsp3) is 0.211. The Bertz CT molecular complexity index is 856. The van der Waals surface area contributed by atoms with Crippen LogP contribution in [0.4, 0.5) is 5.69 Å². The van der Waals surface area contributed by atoms with Gasteiger partial charge in [0.15, 0.2) is 5.11 Å². The maximum Gasteiger partial charge on any atom is 0.269 e. The second-order valence-corrected chi connectivity index (χ2v) is 6.39. The van der Waals surface area contributed by atoms with Gasteiger partial charge in [-0.05, 0) is 36.3 Å². The first-order valence-electron chi connectivity index (χ1n) is 8.54. The second kappa shape index (κ2) is 10.1. The topological polar surface area (TPSA) is 119 Å². The van der Waals surface area contributed by atoms with E-state index in [2.05, 4.69) is 5.32 Å². The summed E-state index contributed by atoms with van der Waals surface area (Å²) in [5, 5.41) is 13.5. The Kier molecular flexibility index (Phi) is 7.58. The fourth-order valence-electron chi connectivity index (χ4n) is 2.45. The largest absolute Gasteiger partial charge is 0.370 e. The van der Waals surface area contributed by atoms with Gasteiger partial charge in [-0.2, -0.15) is 0 Å². The van der Waals surface area contributed by atoms with Crippen LogP contribution in [0.1, 0.15) is 22.3 Å². The van der Waals surface area contributed by atoms with Crippen LogP contribution < -0.4 is 11.1 Å². The number of nitrogens with zero attached hydrogens (tertiary/aromatic N) is 2. The molecule has 0 bridgehead atoms. The Morgan fingerprint density at radius 3 is 2.29 bits per heavy atom. The molecule has 2 aromatic carbocycles. The number of rotatable bonds is 8. The van der Waals surface area contributed by atoms with Crippen LogP contribution in [0, 0.1) is 10.1 Å². The van der Waals surface area contributed by atoms with Crippen molar-refractivity contribution in [2.45, 2.75) is 12.8 Å². The Labute approximate surface area is 167 Å². The summed E-state index contributed by atoms with van der Waals surface area (Å²) in [6.45, 7) is 0.776. The quantitative estimate of drug-likeness (QED) is 0.398. The summed E-state index contributed by atoms with van der Waals surface area (Å²) in [6, 6.07) is 14.9. The molecule has 0 saturated carbocycles. The maximum atomic E-state index is 12.4. The molecule has 0 fully saturated rings. The number of hydrogen-bond donors (Lipinski definition) is 2. The summed E-state index contributed by atoms with van der Waals surface area (Å²) in [7, 11) is 0. The zero-order valence-corrected chi connectivity index (χ0v) is 15.9. The lowest BCUT2D eigenvalue weighted by Gasteiger charge is -2.25. The van der Waals surface area contributed by atoms with Gasteiger partial charge in [-0.25, -0.2) is 0 Å². The monoisotopic (exact) mass is 400 g/mol. The molecule has 28 heavy (non-hydrogen) atoms. The number of primary amides is 1. The van der Waals surface area contributed by atoms with Crippen molar-refractivity contribution in [2.75, 3.05) is 13.1 Å². The average molecular weight is 400 g/mol. The van der Waals surface area contributed by atoms with Gasteiger partial charge in [0.1, 0.15) is 0 Å². The third kappa shape index (κ3) is 6.44. The molecule has 0 heterocycles. The Morgan fingerprint density at radius 1 is 1.07 bits per heavy atom. The van der Waals surface area contributed by atoms with E-state index in [0.717, 1.165) is 5.56 Å². The summed E-state index contributed by atoms with van der Waals surface area (Å²) in [6.07, 6.45) is 0.773. The standard InChI is InChI=1S/C19H20N4O4S/c20-17(24)11-13-22(12-10-14-4-2-1-3-5-14)19(28)21-18(25)15-6-8-16(9-7-15)23(26)27/h1-9H,10-13H2,(H2,20,24)(H,21,25,28). The molecule has 9 heteroatoms. The van der Waals surface area contributed by atoms with Crippen molar-refractivity contribution >= 4 is 34.8 Å². The van der Waals surface area contributed by atoms with Gasteiger partial charge in [0.25, 0.3) is 11.6 Å². The lowest BCUT2D eigenvalue weighted by molar-refractivity contribution is -0.384. The van der Waals surface area contributed by atoms with E-state index in [-0.39, 0.29) is 29.3 Å². The molecule has 0 atom stereocenters. The van der Waals surface area contributed by atoms with Crippen molar-refractivity contribution < 1.29 is 14.5 Å². The first-order valence-corrected chi connectivity index (χ1v) is 8.94. The predicted octanol–water partition coefficient (Wildman–Crippen LogP) is 2.03. The van der Waals surface area contributed by atoms with Crippen molar-refractivity contribution in [3.05, 3.63) is 75.8 Å². The molecule has 0 spiro atoms. The molecule has 0 radical (unpaired) electrons. The highest BCUT2D eigenvalue weighted by molar-refractivity contribution is 7.80. The van der Waals surface area contributed by atoms with E-state index in [0.29, 0.717) is 13.0 Å². The van der Waals surface area contributed by atoms with E-state index >= 15 is 0 Å². The molecule has 0 aromatic heterocycles. The van der Waals surface area contributed by atoms with E-state index in [1.54, 1.807) is 4.90 Å². The highest BCUT2D eigenvalue weighted by Crippen LogP contribution is 2.12. The third-order valence-corrected chi connectivity index (χ3v) is 4.35. The van der Waals surface area contributed by atoms with Crippen molar-refractivity contribution in [3.63, 3.8) is 0 Å². The summed E-state index contributed by atoms with van der Waals surface area (Å²) in [5.41, 5.74) is 6.46. The van der Waals surface area contributed by atoms with Crippen LogP contribution in [0.15, 0.2) is 54.6 Å². The molecule has 0 aliphatic heterocycles. The summed E-state index contributed by atoms with van der Waals surface area (Å²) < 4.78 is 0. The number of nitrogens with one attached hydrogen (secondary N) is 1. The number of non-ortho nitro benzene ring substituents is 1. The third-order valence-electron chi connectivity index (χ3n) is 3.99. The molecule has 3 N–H and O–H groups in total. The van der Waals surface area contributed by atoms with Crippen molar-refractivity contribution in [1.82, 2.24) is 10.2 Å². The predicted molar refractivity (Wildman–Crippen MR) is 109 cm³/mol. The SMILES string of the molecule is NC(=O)CCN(CCc1ccccc1)C(=S)NC(=O)c1ccc([N+](=O)[O-])cc1. The molecule has 2 aromatic rings. The van der Waals surface area contributed by atoms with Gasteiger partial charge in [-0.1, -0.05) is 30.3 Å². The minimum atomic E-state index is -0.540. The number of carbonyl (C=O) groups excluding carboxylic acids is 2. The van der Waals surface area contributed by atoms with E-state index < -0.39 is 16.7 Å². The van der Waals surface area contributed by atoms with Gasteiger partial charge < -0.3 is 10.6 Å². The Balaban J connectivity index is 2.02. The van der Waals surface area contributed by atoms with Gasteiger partial charge >= 0.3 is 0 Å². The molecule has 0 unspecified atom stereocenters. The van der Waals surface area contributed by atoms with Gasteiger partial charge in [0, 0.05) is 37.2 Å². The fourth-order valence-corrected chi connectivity index (χ4v) is 2.73. The van der Waals surface area contributed by atoms with E-state index in [4.69, 9.17) is 18.0 Å². The highest BCUT2D eigenvalue weighted by Gasteiger charge is 2.16. The van der Waals surface area contributed by atoms with Crippen LogP contribution in [0.25, 0.3) is 0 Å². The van der Waals surface area contributed by atoms with Gasteiger partial charge in [0.2, 0.25) is 5.91 Å². The Morgan fingerprint density at radius 2 is 1.71 bits per heavy atom. The first kappa shape index (κ1) is 21.0. The lowest BCUT2D eigenvalue weighted by atomic mass is 10.1. The molecular weight excluding hydrogens is 380 g/mol. The number of amides is 2. The number of carbonyl (C=O) groups is 2. The molecule has 0 aliphatic carbocycles. The number of nitrogens with two attached hydrogens (primary N) is 1. The molecular formula is C19H20N4O4S. The van der Waals surface area contributed by atoms with Gasteiger partial charge in [-0.15, -0.1) is 0 Å². The molecule has 2 amide bonds.